The van der Waals surface area contributed by atoms with E-state index in [4.69, 9.17) is 0 Å². The van der Waals surface area contributed by atoms with Crippen LogP contribution in [-0.2, 0) is 0 Å². The summed E-state index contributed by atoms with van der Waals surface area (Å²) in [5, 5.41) is 0. The van der Waals surface area contributed by atoms with E-state index in [-0.39, 0.29) is 0 Å². The van der Waals surface area contributed by atoms with E-state index in [2.05, 4.69) is 15.0 Å². The Bertz CT molecular complexity index is 307. The fourth-order valence-corrected chi connectivity index (χ4v) is 0.984. The number of nitrogens with zero attached hydrogens (tertiary/aromatic N) is 3. The molecule has 0 aliphatic rings. The van der Waals surface area contributed by atoms with Gasteiger partial charge in [-0.25, -0.2) is 9.97 Å². The first-order valence-electron chi connectivity index (χ1n) is 3.63. The fourth-order valence-electron chi connectivity index (χ4n) is 0.984. The molecular weight excluding hydrogens is 150 g/mol. The first-order valence-corrected chi connectivity index (χ1v) is 3.63. The third kappa shape index (κ3) is 1.29. The third-order valence-electron chi connectivity index (χ3n) is 1.56. The van der Waals surface area contributed by atoms with E-state index in [0.29, 0.717) is 0 Å². The van der Waals surface area contributed by atoms with Crippen molar-refractivity contribution in [3.63, 3.8) is 0 Å². The summed E-state index contributed by atoms with van der Waals surface area (Å²) in [6.07, 6.45) is 6.76. The minimum Gasteiger partial charge on any atom is -0.265 e. The van der Waals surface area contributed by atoms with E-state index in [1.807, 2.05) is 18.2 Å². The number of rotatable bonds is 1. The zero-order valence-corrected chi connectivity index (χ0v) is 6.38. The predicted octanol–water partition coefficient (Wildman–Crippen LogP) is 1.54. The molecule has 0 bridgehead atoms. The van der Waals surface area contributed by atoms with Crippen LogP contribution in [0.4, 0.5) is 0 Å². The second kappa shape index (κ2) is 3.09. The van der Waals surface area contributed by atoms with Crippen molar-refractivity contribution in [3.8, 4) is 11.3 Å². The van der Waals surface area contributed by atoms with Crippen molar-refractivity contribution >= 4 is 0 Å². The van der Waals surface area contributed by atoms with Gasteiger partial charge < -0.3 is 0 Å². The van der Waals surface area contributed by atoms with E-state index < -0.39 is 0 Å². The summed E-state index contributed by atoms with van der Waals surface area (Å²) >= 11 is 0. The molecule has 2 aromatic rings. The van der Waals surface area contributed by atoms with Crippen molar-refractivity contribution in [2.75, 3.05) is 0 Å². The van der Waals surface area contributed by atoms with Crippen LogP contribution < -0.4 is 0 Å². The Morgan fingerprint density at radius 2 is 1.58 bits per heavy atom. The first kappa shape index (κ1) is 6.91. The standard InChI is InChI=1S/C9H7N3/c1-4-10-5-2-8(1)9-3-6-11-7-12-9/h1-7H. The van der Waals surface area contributed by atoms with Gasteiger partial charge in [-0.3, -0.25) is 4.98 Å². The lowest BCUT2D eigenvalue weighted by Crippen LogP contribution is -1.83. The average molecular weight is 157 g/mol. The van der Waals surface area contributed by atoms with Gasteiger partial charge >= 0.3 is 0 Å². The van der Waals surface area contributed by atoms with Gasteiger partial charge in [-0.05, 0) is 18.2 Å². The molecule has 0 atom stereocenters. The van der Waals surface area contributed by atoms with Crippen LogP contribution in [0.3, 0.4) is 0 Å². The second-order valence-electron chi connectivity index (χ2n) is 2.33. The summed E-state index contributed by atoms with van der Waals surface area (Å²) in [5.74, 6) is 0. The van der Waals surface area contributed by atoms with Gasteiger partial charge in [-0.2, -0.15) is 0 Å². The molecule has 0 saturated carbocycles. The average Bonchev–Trinajstić information content (AvgIpc) is 2.21. The van der Waals surface area contributed by atoms with Crippen LogP contribution in [0.5, 0.6) is 0 Å². The molecule has 0 fully saturated rings. The Hall–Kier alpha value is -1.77. The van der Waals surface area contributed by atoms with Gasteiger partial charge in [0, 0.05) is 24.2 Å². The molecule has 0 unspecified atom stereocenters. The molecule has 3 nitrogen and oxygen atoms in total. The Kier molecular flexibility index (Phi) is 1.78. The van der Waals surface area contributed by atoms with Crippen LogP contribution in [-0.4, -0.2) is 15.0 Å². The topological polar surface area (TPSA) is 38.7 Å². The summed E-state index contributed by atoms with van der Waals surface area (Å²) in [7, 11) is 0. The van der Waals surface area contributed by atoms with Crippen LogP contribution in [0.15, 0.2) is 43.1 Å². The molecule has 0 aromatic carbocycles. The van der Waals surface area contributed by atoms with Crippen LogP contribution in [0.25, 0.3) is 11.3 Å². The molecule has 3 heteroatoms. The minimum atomic E-state index is 0.924. The Morgan fingerprint density at radius 3 is 2.25 bits per heavy atom. The highest BCUT2D eigenvalue weighted by Gasteiger charge is 1.94. The van der Waals surface area contributed by atoms with Gasteiger partial charge in [0.2, 0.25) is 0 Å². The molecule has 0 N–H and O–H groups in total. The molecule has 0 amide bonds. The summed E-state index contributed by atoms with van der Waals surface area (Å²) < 4.78 is 0. The smallest absolute Gasteiger partial charge is 0.116 e. The molecule has 2 aromatic heterocycles. The summed E-state index contributed by atoms with van der Waals surface area (Å²) in [6, 6.07) is 5.71. The highest BCUT2D eigenvalue weighted by Crippen LogP contribution is 2.12. The van der Waals surface area contributed by atoms with E-state index in [9.17, 15) is 0 Å². The monoisotopic (exact) mass is 157 g/mol. The van der Waals surface area contributed by atoms with Crippen molar-refractivity contribution < 1.29 is 0 Å². The molecule has 0 spiro atoms. The molecule has 0 aliphatic heterocycles. The Morgan fingerprint density at radius 1 is 0.833 bits per heavy atom. The number of aromatic nitrogens is 3. The largest absolute Gasteiger partial charge is 0.265 e. The first-order chi connectivity index (χ1) is 5.97. The summed E-state index contributed by atoms with van der Waals surface area (Å²) in [4.78, 5) is 11.9. The highest BCUT2D eigenvalue weighted by molar-refractivity contribution is 5.56. The lowest BCUT2D eigenvalue weighted by molar-refractivity contribution is 1.17. The molecule has 12 heavy (non-hydrogen) atoms. The lowest BCUT2D eigenvalue weighted by Gasteiger charge is -1.96. The van der Waals surface area contributed by atoms with Crippen molar-refractivity contribution in [2.45, 2.75) is 0 Å². The minimum absolute atomic E-state index is 0.924. The normalized spacial score (nSPS) is 9.67. The van der Waals surface area contributed by atoms with Crippen LogP contribution in [0.1, 0.15) is 0 Å². The van der Waals surface area contributed by atoms with Crippen molar-refractivity contribution in [1.82, 2.24) is 15.0 Å². The van der Waals surface area contributed by atoms with Gasteiger partial charge in [0.1, 0.15) is 6.33 Å². The highest BCUT2D eigenvalue weighted by atomic mass is 14.8. The Balaban J connectivity index is 2.46. The predicted molar refractivity (Wildman–Crippen MR) is 45.3 cm³/mol. The quantitative estimate of drug-likeness (QED) is 0.630. The van der Waals surface area contributed by atoms with Gasteiger partial charge in [-0.1, -0.05) is 0 Å². The van der Waals surface area contributed by atoms with Crippen LogP contribution >= 0.6 is 0 Å². The van der Waals surface area contributed by atoms with E-state index in [1.54, 1.807) is 18.6 Å². The molecule has 58 valence electrons. The SMILES string of the molecule is c1cc(-c2ccncn2)ccn1. The van der Waals surface area contributed by atoms with Crippen molar-refractivity contribution in [2.24, 2.45) is 0 Å². The van der Waals surface area contributed by atoms with Gasteiger partial charge in [0.15, 0.2) is 0 Å². The maximum atomic E-state index is 4.11. The molecule has 2 heterocycles. The molecule has 0 saturated heterocycles. The molecule has 2 rings (SSSR count). The van der Waals surface area contributed by atoms with Crippen LogP contribution in [0, 0.1) is 0 Å². The van der Waals surface area contributed by atoms with E-state index >= 15 is 0 Å². The van der Waals surface area contributed by atoms with Crippen molar-refractivity contribution in [1.29, 1.82) is 0 Å². The van der Waals surface area contributed by atoms with Crippen molar-refractivity contribution in [3.05, 3.63) is 43.1 Å². The zero-order valence-electron chi connectivity index (χ0n) is 6.38. The van der Waals surface area contributed by atoms with Gasteiger partial charge in [-0.15, -0.1) is 0 Å². The van der Waals surface area contributed by atoms with E-state index in [1.165, 1.54) is 6.33 Å². The Labute approximate surface area is 70.1 Å². The number of hydrogen-bond donors (Lipinski definition) is 0. The second-order valence-corrected chi connectivity index (χ2v) is 2.33. The molecule has 0 aliphatic carbocycles. The number of hydrogen-bond acceptors (Lipinski definition) is 3. The van der Waals surface area contributed by atoms with E-state index in [0.717, 1.165) is 11.3 Å². The lowest BCUT2D eigenvalue weighted by atomic mass is 10.2. The summed E-state index contributed by atoms with van der Waals surface area (Å²) in [6.45, 7) is 0. The van der Waals surface area contributed by atoms with Gasteiger partial charge in [0.05, 0.1) is 5.69 Å². The van der Waals surface area contributed by atoms with Gasteiger partial charge in [0.25, 0.3) is 0 Å². The zero-order chi connectivity index (χ0) is 8.23. The van der Waals surface area contributed by atoms with Crippen LogP contribution in [0.2, 0.25) is 0 Å². The maximum absolute atomic E-state index is 4.11. The fraction of sp³-hybridized carbons (Fsp3) is 0. The maximum Gasteiger partial charge on any atom is 0.116 e. The summed E-state index contributed by atoms with van der Waals surface area (Å²) in [5.41, 5.74) is 1.99. The number of pyridine rings is 1. The third-order valence-corrected chi connectivity index (χ3v) is 1.56. The molecule has 0 radical (unpaired) electrons. The molecular formula is C9H7N3.